The smallest absolute Gasteiger partial charge is 0.138 e. The quantitative estimate of drug-likeness (QED) is 0.825. The van der Waals surface area contributed by atoms with Crippen LogP contribution in [0.1, 0.15) is 33.5 Å². The molecule has 0 atom stereocenters. The molecule has 0 saturated carbocycles. The predicted molar refractivity (Wildman–Crippen MR) is 81.9 cm³/mol. The normalized spacial score (nSPS) is 11.7. The molecule has 2 N–H and O–H groups in total. The number of hydrogen-bond donors (Lipinski definition) is 2. The summed E-state index contributed by atoms with van der Waals surface area (Å²) >= 11 is 0. The van der Waals surface area contributed by atoms with Crippen LogP contribution < -0.4 is 10.6 Å². The van der Waals surface area contributed by atoms with E-state index >= 15 is 0 Å². The molecule has 5 nitrogen and oxygen atoms in total. The number of hydrogen-bond acceptors (Lipinski definition) is 5. The third-order valence-electron chi connectivity index (χ3n) is 2.99. The van der Waals surface area contributed by atoms with E-state index in [1.165, 1.54) is 0 Å². The maximum Gasteiger partial charge on any atom is 0.138 e. The van der Waals surface area contributed by atoms with Gasteiger partial charge in [-0.25, -0.2) is 9.97 Å². The van der Waals surface area contributed by atoms with Crippen LogP contribution in [-0.4, -0.2) is 48.6 Å². The summed E-state index contributed by atoms with van der Waals surface area (Å²) in [6.07, 6.45) is 0. The number of likely N-dealkylation sites (N-methyl/N-ethyl adjacent to an activating group) is 1. The number of aromatic nitrogens is 2. The van der Waals surface area contributed by atoms with Gasteiger partial charge in [0, 0.05) is 31.6 Å². The summed E-state index contributed by atoms with van der Waals surface area (Å²) in [6, 6.07) is 1.95. The lowest BCUT2D eigenvalue weighted by Gasteiger charge is -2.19. The van der Waals surface area contributed by atoms with Gasteiger partial charge in [-0.15, -0.1) is 0 Å². The Kier molecular flexibility index (Phi) is 5.54. The number of nitrogens with zero attached hydrogens (tertiary/aromatic N) is 3. The average Bonchev–Trinajstić information content (AvgIpc) is 2.37. The SMILES string of the molecule is CCN(C)CCNc1cc(NC)nc(C(C)(C)C)n1. The molecule has 1 rings (SSSR count). The van der Waals surface area contributed by atoms with Gasteiger partial charge in [0.2, 0.25) is 0 Å². The van der Waals surface area contributed by atoms with Gasteiger partial charge in [0.15, 0.2) is 0 Å². The molecule has 19 heavy (non-hydrogen) atoms. The highest BCUT2D eigenvalue weighted by molar-refractivity contribution is 5.47. The van der Waals surface area contributed by atoms with E-state index in [-0.39, 0.29) is 5.41 Å². The largest absolute Gasteiger partial charge is 0.373 e. The van der Waals surface area contributed by atoms with Gasteiger partial charge < -0.3 is 15.5 Å². The van der Waals surface area contributed by atoms with E-state index in [1.54, 1.807) is 0 Å². The molecule has 0 bridgehead atoms. The molecule has 0 amide bonds. The van der Waals surface area contributed by atoms with E-state index in [0.29, 0.717) is 0 Å². The zero-order valence-corrected chi connectivity index (χ0v) is 13.0. The first-order valence-electron chi connectivity index (χ1n) is 6.86. The molecule has 0 aromatic carbocycles. The Hall–Kier alpha value is -1.36. The standard InChI is InChI=1S/C14H27N5/c1-7-19(6)9-8-16-12-10-11(15-5)17-13(18-12)14(2,3)4/h10H,7-9H2,1-6H3,(H2,15,16,17,18). The van der Waals surface area contributed by atoms with E-state index in [4.69, 9.17) is 0 Å². The Balaban J connectivity index is 2.77. The van der Waals surface area contributed by atoms with E-state index in [2.05, 4.69) is 60.2 Å². The lowest BCUT2D eigenvalue weighted by molar-refractivity contribution is 0.367. The molecule has 0 saturated heterocycles. The highest BCUT2D eigenvalue weighted by Gasteiger charge is 2.18. The number of nitrogens with one attached hydrogen (secondary N) is 2. The first-order chi connectivity index (χ1) is 8.86. The summed E-state index contributed by atoms with van der Waals surface area (Å²) in [5.41, 5.74) is -0.0521. The predicted octanol–water partition coefficient (Wildman–Crippen LogP) is 2.18. The van der Waals surface area contributed by atoms with Crippen LogP contribution >= 0.6 is 0 Å². The van der Waals surface area contributed by atoms with Crippen molar-refractivity contribution in [3.05, 3.63) is 11.9 Å². The van der Waals surface area contributed by atoms with Crippen molar-refractivity contribution >= 4 is 11.6 Å². The first-order valence-corrected chi connectivity index (χ1v) is 6.86. The van der Waals surface area contributed by atoms with Crippen LogP contribution in [0.3, 0.4) is 0 Å². The Labute approximate surface area is 116 Å². The second-order valence-corrected chi connectivity index (χ2v) is 5.78. The lowest BCUT2D eigenvalue weighted by Crippen LogP contribution is -2.25. The first kappa shape index (κ1) is 15.7. The zero-order valence-electron chi connectivity index (χ0n) is 13.0. The van der Waals surface area contributed by atoms with Gasteiger partial charge >= 0.3 is 0 Å². The van der Waals surface area contributed by atoms with Crippen molar-refractivity contribution < 1.29 is 0 Å². The van der Waals surface area contributed by atoms with Crippen LogP contribution in [0, 0.1) is 0 Å². The molecule has 0 aliphatic carbocycles. The third kappa shape index (κ3) is 5.03. The van der Waals surface area contributed by atoms with Crippen molar-refractivity contribution in [3.8, 4) is 0 Å². The minimum Gasteiger partial charge on any atom is -0.373 e. The molecule has 0 aliphatic heterocycles. The van der Waals surface area contributed by atoms with Gasteiger partial charge in [-0.05, 0) is 13.6 Å². The van der Waals surface area contributed by atoms with Crippen molar-refractivity contribution in [1.82, 2.24) is 14.9 Å². The molecule has 0 spiro atoms. The van der Waals surface area contributed by atoms with Gasteiger partial charge in [-0.1, -0.05) is 27.7 Å². The van der Waals surface area contributed by atoms with Crippen molar-refractivity contribution in [2.24, 2.45) is 0 Å². The molecule has 0 aliphatic rings. The fourth-order valence-electron chi connectivity index (χ4n) is 1.53. The molecule has 0 fully saturated rings. The molecule has 0 radical (unpaired) electrons. The van der Waals surface area contributed by atoms with E-state index in [9.17, 15) is 0 Å². The van der Waals surface area contributed by atoms with Crippen LogP contribution in [0.15, 0.2) is 6.07 Å². The van der Waals surface area contributed by atoms with Gasteiger partial charge in [-0.2, -0.15) is 0 Å². The minimum atomic E-state index is -0.0521. The second kappa shape index (κ2) is 6.70. The van der Waals surface area contributed by atoms with Crippen molar-refractivity contribution in [2.75, 3.05) is 44.4 Å². The van der Waals surface area contributed by atoms with E-state index in [1.807, 2.05) is 13.1 Å². The van der Waals surface area contributed by atoms with Crippen LogP contribution in [-0.2, 0) is 5.41 Å². The molecule has 0 unspecified atom stereocenters. The summed E-state index contributed by atoms with van der Waals surface area (Å²) in [5.74, 6) is 2.59. The molecule has 1 aromatic rings. The highest BCUT2D eigenvalue weighted by atomic mass is 15.1. The van der Waals surface area contributed by atoms with Gasteiger partial charge in [0.1, 0.15) is 17.5 Å². The van der Waals surface area contributed by atoms with Crippen molar-refractivity contribution in [2.45, 2.75) is 33.1 Å². The maximum absolute atomic E-state index is 4.59. The van der Waals surface area contributed by atoms with Crippen LogP contribution in [0.5, 0.6) is 0 Å². The number of rotatable bonds is 6. The van der Waals surface area contributed by atoms with Gasteiger partial charge in [0.05, 0.1) is 0 Å². The van der Waals surface area contributed by atoms with Crippen molar-refractivity contribution in [3.63, 3.8) is 0 Å². The van der Waals surface area contributed by atoms with Gasteiger partial charge in [-0.3, -0.25) is 0 Å². The third-order valence-corrected chi connectivity index (χ3v) is 2.99. The lowest BCUT2D eigenvalue weighted by atomic mass is 9.96. The Morgan fingerprint density at radius 2 is 1.84 bits per heavy atom. The fourth-order valence-corrected chi connectivity index (χ4v) is 1.53. The fraction of sp³-hybridized carbons (Fsp3) is 0.714. The van der Waals surface area contributed by atoms with Crippen LogP contribution in [0.25, 0.3) is 0 Å². The topological polar surface area (TPSA) is 53.1 Å². The Morgan fingerprint density at radius 3 is 2.37 bits per heavy atom. The van der Waals surface area contributed by atoms with E-state index in [0.717, 1.165) is 37.1 Å². The van der Waals surface area contributed by atoms with Crippen LogP contribution in [0.4, 0.5) is 11.6 Å². The second-order valence-electron chi connectivity index (χ2n) is 5.78. The van der Waals surface area contributed by atoms with E-state index < -0.39 is 0 Å². The summed E-state index contributed by atoms with van der Waals surface area (Å²) in [6.45, 7) is 11.5. The Bertz CT molecular complexity index is 397. The number of anilines is 2. The molecule has 108 valence electrons. The van der Waals surface area contributed by atoms with Gasteiger partial charge in [0.25, 0.3) is 0 Å². The molecule has 1 aromatic heterocycles. The zero-order chi connectivity index (χ0) is 14.5. The molecule has 1 heterocycles. The molecular weight excluding hydrogens is 238 g/mol. The monoisotopic (exact) mass is 265 g/mol. The minimum absolute atomic E-state index is 0.0521. The van der Waals surface area contributed by atoms with Crippen molar-refractivity contribution in [1.29, 1.82) is 0 Å². The van der Waals surface area contributed by atoms with Crippen LogP contribution in [0.2, 0.25) is 0 Å². The molecule has 5 heteroatoms. The summed E-state index contributed by atoms with van der Waals surface area (Å²) in [4.78, 5) is 11.4. The maximum atomic E-state index is 4.59. The molecular formula is C14H27N5. The summed E-state index contributed by atoms with van der Waals surface area (Å²) < 4.78 is 0. The summed E-state index contributed by atoms with van der Waals surface area (Å²) in [5, 5.41) is 6.45. The average molecular weight is 265 g/mol. The Morgan fingerprint density at radius 1 is 1.21 bits per heavy atom. The highest BCUT2D eigenvalue weighted by Crippen LogP contribution is 2.21. The summed E-state index contributed by atoms with van der Waals surface area (Å²) in [7, 11) is 3.99.